The molecule has 4 saturated carbocycles. The summed E-state index contributed by atoms with van der Waals surface area (Å²) in [4.78, 5) is 0. The van der Waals surface area contributed by atoms with Crippen molar-refractivity contribution in [3.8, 4) is 0 Å². The number of hydrogen-bond donors (Lipinski definition) is 0. The quantitative estimate of drug-likeness (QED) is 0.527. The van der Waals surface area contributed by atoms with E-state index in [0.717, 1.165) is 35.5 Å². The first-order valence-corrected chi connectivity index (χ1v) is 9.36. The molecule has 0 aromatic carbocycles. The second-order valence-corrected chi connectivity index (χ2v) is 8.68. The zero-order valence-electron chi connectivity index (χ0n) is 13.3. The van der Waals surface area contributed by atoms with Gasteiger partial charge < -0.3 is 0 Å². The molecule has 0 N–H and O–H groups in total. The summed E-state index contributed by atoms with van der Waals surface area (Å²) >= 11 is 0. The molecule has 0 bridgehead atoms. The van der Waals surface area contributed by atoms with Crippen LogP contribution in [0.15, 0.2) is 12.7 Å². The molecule has 0 amide bonds. The van der Waals surface area contributed by atoms with Gasteiger partial charge in [-0.1, -0.05) is 32.3 Å². The fourth-order valence-electron chi connectivity index (χ4n) is 7.26. The topological polar surface area (TPSA) is 0 Å². The third-order valence-corrected chi connectivity index (χ3v) is 8.24. The highest BCUT2D eigenvalue weighted by Gasteiger charge is 2.55. The standard InChI is InChI=1S/C20H32/c1-3-15-9-11-19-18-10-8-14-6-4-5-7-16(14)17(18)12-13-20(15,19)2/h3,14-19H,1,4-13H2,2H3/t14?,15-,16-,17+,18+,19-,20+/m0/s1. The van der Waals surface area contributed by atoms with E-state index in [0.29, 0.717) is 5.41 Å². The van der Waals surface area contributed by atoms with Crippen LogP contribution in [0.2, 0.25) is 0 Å². The maximum atomic E-state index is 4.15. The Labute approximate surface area is 125 Å². The van der Waals surface area contributed by atoms with E-state index in [1.165, 1.54) is 32.1 Å². The van der Waals surface area contributed by atoms with Gasteiger partial charge in [0, 0.05) is 0 Å². The minimum Gasteiger partial charge on any atom is -0.103 e. The molecule has 7 atom stereocenters. The molecule has 0 aromatic rings. The van der Waals surface area contributed by atoms with E-state index in [-0.39, 0.29) is 0 Å². The molecule has 0 nitrogen and oxygen atoms in total. The Morgan fingerprint density at radius 1 is 0.850 bits per heavy atom. The highest BCUT2D eigenvalue weighted by Crippen LogP contribution is 2.64. The predicted molar refractivity (Wildman–Crippen MR) is 85.4 cm³/mol. The number of hydrogen-bond acceptors (Lipinski definition) is 0. The first-order chi connectivity index (χ1) is 9.74. The predicted octanol–water partition coefficient (Wildman–Crippen LogP) is 5.83. The van der Waals surface area contributed by atoms with Crippen molar-refractivity contribution in [3.05, 3.63) is 12.7 Å². The molecule has 0 heterocycles. The van der Waals surface area contributed by atoms with E-state index in [1.54, 1.807) is 32.1 Å². The lowest BCUT2D eigenvalue weighted by Gasteiger charge is -2.55. The second kappa shape index (κ2) is 4.89. The van der Waals surface area contributed by atoms with Crippen LogP contribution >= 0.6 is 0 Å². The van der Waals surface area contributed by atoms with Crippen molar-refractivity contribution in [1.82, 2.24) is 0 Å². The number of rotatable bonds is 1. The molecule has 0 heteroatoms. The Kier molecular flexibility index (Phi) is 3.28. The van der Waals surface area contributed by atoms with Crippen LogP contribution in [-0.2, 0) is 0 Å². The molecule has 0 aromatic heterocycles. The van der Waals surface area contributed by atoms with Crippen LogP contribution in [0.25, 0.3) is 0 Å². The highest BCUT2D eigenvalue weighted by atomic mass is 14.6. The molecule has 112 valence electrons. The van der Waals surface area contributed by atoms with Crippen LogP contribution in [0, 0.1) is 40.9 Å². The van der Waals surface area contributed by atoms with Crippen molar-refractivity contribution in [1.29, 1.82) is 0 Å². The van der Waals surface area contributed by atoms with Gasteiger partial charge >= 0.3 is 0 Å². The summed E-state index contributed by atoms with van der Waals surface area (Å²) in [6.45, 7) is 6.76. The van der Waals surface area contributed by atoms with Gasteiger partial charge in [0.15, 0.2) is 0 Å². The first kappa shape index (κ1) is 13.4. The second-order valence-electron chi connectivity index (χ2n) is 8.68. The van der Waals surface area contributed by atoms with E-state index in [9.17, 15) is 0 Å². The van der Waals surface area contributed by atoms with Crippen molar-refractivity contribution in [2.24, 2.45) is 40.9 Å². The minimum atomic E-state index is 0.615. The lowest BCUT2D eigenvalue weighted by molar-refractivity contribution is -0.0569. The summed E-state index contributed by atoms with van der Waals surface area (Å²) in [6, 6.07) is 0. The molecule has 4 fully saturated rings. The van der Waals surface area contributed by atoms with Gasteiger partial charge in [-0.15, -0.1) is 6.58 Å². The van der Waals surface area contributed by atoms with Crippen LogP contribution in [0.4, 0.5) is 0 Å². The zero-order valence-corrected chi connectivity index (χ0v) is 13.3. The van der Waals surface area contributed by atoms with E-state index in [4.69, 9.17) is 0 Å². The molecule has 4 rings (SSSR count). The highest BCUT2D eigenvalue weighted by molar-refractivity contribution is 5.08. The van der Waals surface area contributed by atoms with Crippen LogP contribution in [0.1, 0.15) is 71.1 Å². The molecule has 20 heavy (non-hydrogen) atoms. The molecule has 4 aliphatic rings. The number of allylic oxidation sites excluding steroid dienone is 1. The van der Waals surface area contributed by atoms with Crippen molar-refractivity contribution >= 4 is 0 Å². The summed E-state index contributed by atoms with van der Waals surface area (Å²) in [5.41, 5.74) is 0.615. The van der Waals surface area contributed by atoms with Crippen LogP contribution < -0.4 is 0 Å². The zero-order chi connectivity index (χ0) is 13.7. The van der Waals surface area contributed by atoms with Crippen molar-refractivity contribution < 1.29 is 0 Å². The normalized spacial score (nSPS) is 54.6. The van der Waals surface area contributed by atoms with Gasteiger partial charge in [-0.25, -0.2) is 0 Å². The van der Waals surface area contributed by atoms with Crippen molar-refractivity contribution in [2.75, 3.05) is 0 Å². The third-order valence-electron chi connectivity index (χ3n) is 8.24. The molecule has 0 radical (unpaired) electrons. The largest absolute Gasteiger partial charge is 0.103 e. The Hall–Kier alpha value is -0.260. The minimum absolute atomic E-state index is 0.615. The van der Waals surface area contributed by atoms with Crippen molar-refractivity contribution in [2.45, 2.75) is 71.1 Å². The van der Waals surface area contributed by atoms with E-state index in [2.05, 4.69) is 19.6 Å². The first-order valence-electron chi connectivity index (χ1n) is 9.36. The average molecular weight is 272 g/mol. The van der Waals surface area contributed by atoms with Crippen LogP contribution in [0.3, 0.4) is 0 Å². The molecule has 0 aliphatic heterocycles. The third kappa shape index (κ3) is 1.79. The summed E-state index contributed by atoms with van der Waals surface area (Å²) in [6.07, 6.45) is 17.6. The van der Waals surface area contributed by atoms with Gasteiger partial charge in [-0.05, 0) is 85.9 Å². The van der Waals surface area contributed by atoms with Crippen molar-refractivity contribution in [3.63, 3.8) is 0 Å². The van der Waals surface area contributed by atoms with Gasteiger partial charge in [0.2, 0.25) is 0 Å². The van der Waals surface area contributed by atoms with Crippen LogP contribution in [0.5, 0.6) is 0 Å². The molecule has 0 spiro atoms. The number of fused-ring (bicyclic) bond motifs is 5. The average Bonchev–Trinajstić information content (AvgIpc) is 2.83. The summed E-state index contributed by atoms with van der Waals surface area (Å²) in [5.74, 6) is 6.28. The molecule has 4 aliphatic carbocycles. The Balaban J connectivity index is 1.59. The molecular weight excluding hydrogens is 240 g/mol. The molecule has 1 unspecified atom stereocenters. The maximum absolute atomic E-state index is 4.15. The van der Waals surface area contributed by atoms with E-state index >= 15 is 0 Å². The summed E-state index contributed by atoms with van der Waals surface area (Å²) < 4.78 is 0. The van der Waals surface area contributed by atoms with E-state index < -0.39 is 0 Å². The smallest absolute Gasteiger partial charge is 0.0179 e. The maximum Gasteiger partial charge on any atom is -0.0179 e. The van der Waals surface area contributed by atoms with Gasteiger partial charge in [0.1, 0.15) is 0 Å². The van der Waals surface area contributed by atoms with Crippen LogP contribution in [-0.4, -0.2) is 0 Å². The van der Waals surface area contributed by atoms with Gasteiger partial charge in [0.05, 0.1) is 0 Å². The van der Waals surface area contributed by atoms with E-state index in [1.807, 2.05) is 0 Å². The summed E-state index contributed by atoms with van der Waals surface area (Å²) in [5, 5.41) is 0. The van der Waals surface area contributed by atoms with Gasteiger partial charge in [0.25, 0.3) is 0 Å². The lowest BCUT2D eigenvalue weighted by atomic mass is 9.50. The lowest BCUT2D eigenvalue weighted by Crippen LogP contribution is -2.47. The molecular formula is C20H32. The Morgan fingerprint density at radius 2 is 1.70 bits per heavy atom. The SMILES string of the molecule is C=C[C@H]1CC[C@H]2[C@@H]3CCC4CCCC[C@@H]4[C@H]3CC[C@]12C. The molecule has 0 saturated heterocycles. The fraction of sp³-hybridized carbons (Fsp3) is 0.900. The van der Waals surface area contributed by atoms with Gasteiger partial charge in [-0.2, -0.15) is 0 Å². The fourth-order valence-corrected chi connectivity index (χ4v) is 7.26. The van der Waals surface area contributed by atoms with Gasteiger partial charge in [-0.3, -0.25) is 0 Å². The Morgan fingerprint density at radius 3 is 2.55 bits per heavy atom. The monoisotopic (exact) mass is 272 g/mol. The Bertz CT molecular complexity index is 383. The summed E-state index contributed by atoms with van der Waals surface area (Å²) in [7, 11) is 0.